The summed E-state index contributed by atoms with van der Waals surface area (Å²) in [6.07, 6.45) is 0. The summed E-state index contributed by atoms with van der Waals surface area (Å²) in [5.74, 6) is 0. The van der Waals surface area contributed by atoms with E-state index in [2.05, 4.69) is 182 Å². The summed E-state index contributed by atoms with van der Waals surface area (Å²) in [5, 5.41) is 14.7. The van der Waals surface area contributed by atoms with Gasteiger partial charge in [0.25, 0.3) is 0 Å². The first-order valence-electron chi connectivity index (χ1n) is 17.6. The number of fused-ring (bicyclic) bond motifs is 10. The van der Waals surface area contributed by atoms with E-state index in [9.17, 15) is 0 Å². The zero-order valence-electron chi connectivity index (χ0n) is 27.7. The van der Waals surface area contributed by atoms with Gasteiger partial charge in [-0.1, -0.05) is 146 Å². The van der Waals surface area contributed by atoms with Gasteiger partial charge in [-0.05, 0) is 118 Å². The first-order valence-corrected chi connectivity index (χ1v) is 17.6. The fraction of sp³-hybridized carbons (Fsp3) is 0. The second-order valence-electron chi connectivity index (χ2n) is 13.6. The Morgan fingerprint density at radius 3 is 1.47 bits per heavy atom. The Kier molecular flexibility index (Phi) is 6.02. The normalized spacial score (nSPS) is 11.9. The summed E-state index contributed by atoms with van der Waals surface area (Å²) >= 11 is 0. The van der Waals surface area contributed by atoms with Crippen molar-refractivity contribution < 1.29 is 4.42 Å². The van der Waals surface area contributed by atoms with Crippen molar-refractivity contribution in [2.45, 2.75) is 0 Å². The Bertz CT molecular complexity index is 3130. The standard InChI is InChI=1S/C50H30O/c1-2-11-32(12-3-1)47-41-14-6-8-16-43(41)48(44-17-9-7-15-42(44)47)38-21-20-34-28-33(18-19-35(34)30-38)36-22-25-40-37(29-36)23-26-45-49-39-13-5-4-10-31(39)24-27-46(49)51-50(40)45/h1-30H. The lowest BCUT2D eigenvalue weighted by Crippen LogP contribution is -1.90. The van der Waals surface area contributed by atoms with Crippen molar-refractivity contribution in [3.63, 3.8) is 0 Å². The predicted octanol–water partition coefficient (Wildman–Crippen LogP) is 14.4. The lowest BCUT2D eigenvalue weighted by molar-refractivity contribution is 0.673. The molecular weight excluding hydrogens is 617 g/mol. The van der Waals surface area contributed by atoms with Crippen molar-refractivity contribution in [3.05, 3.63) is 182 Å². The Hall–Kier alpha value is -6.70. The van der Waals surface area contributed by atoms with Gasteiger partial charge in [0.15, 0.2) is 0 Å². The van der Waals surface area contributed by atoms with E-state index in [4.69, 9.17) is 4.42 Å². The van der Waals surface area contributed by atoms with Crippen molar-refractivity contribution in [2.75, 3.05) is 0 Å². The lowest BCUT2D eigenvalue weighted by Gasteiger charge is -2.18. The molecule has 0 fully saturated rings. The van der Waals surface area contributed by atoms with Crippen LogP contribution in [0.1, 0.15) is 0 Å². The van der Waals surface area contributed by atoms with E-state index in [0.29, 0.717) is 0 Å². The molecule has 51 heavy (non-hydrogen) atoms. The summed E-state index contributed by atoms with van der Waals surface area (Å²) in [7, 11) is 0. The van der Waals surface area contributed by atoms with Crippen LogP contribution in [0.2, 0.25) is 0 Å². The smallest absolute Gasteiger partial charge is 0.143 e. The number of benzene rings is 10. The van der Waals surface area contributed by atoms with Gasteiger partial charge >= 0.3 is 0 Å². The molecule has 0 aliphatic heterocycles. The molecule has 0 atom stereocenters. The monoisotopic (exact) mass is 646 g/mol. The molecule has 0 saturated carbocycles. The molecule has 0 unspecified atom stereocenters. The maximum Gasteiger partial charge on any atom is 0.143 e. The van der Waals surface area contributed by atoms with Crippen LogP contribution in [-0.4, -0.2) is 0 Å². The van der Waals surface area contributed by atoms with E-state index < -0.39 is 0 Å². The van der Waals surface area contributed by atoms with Crippen LogP contribution in [0.25, 0.3) is 109 Å². The third-order valence-electron chi connectivity index (χ3n) is 10.8. The van der Waals surface area contributed by atoms with Crippen LogP contribution in [0.4, 0.5) is 0 Å². The SMILES string of the molecule is c1ccc(-c2c3ccccc3c(-c3ccc4cc(-c5ccc6c(ccc7c6oc6ccc8ccccc8c67)c5)ccc4c3)c3ccccc23)cc1. The molecule has 0 amide bonds. The van der Waals surface area contributed by atoms with Gasteiger partial charge in [0.2, 0.25) is 0 Å². The first kappa shape index (κ1) is 28.2. The van der Waals surface area contributed by atoms with Crippen LogP contribution < -0.4 is 0 Å². The van der Waals surface area contributed by atoms with Crippen LogP contribution in [0.3, 0.4) is 0 Å². The molecule has 0 N–H and O–H groups in total. The van der Waals surface area contributed by atoms with E-state index in [0.717, 1.165) is 16.6 Å². The third-order valence-corrected chi connectivity index (χ3v) is 10.8. The van der Waals surface area contributed by atoms with Crippen LogP contribution in [0, 0.1) is 0 Å². The Labute approximate surface area is 294 Å². The number of rotatable bonds is 3. The highest BCUT2D eigenvalue weighted by Crippen LogP contribution is 2.44. The average Bonchev–Trinajstić information content (AvgIpc) is 3.59. The van der Waals surface area contributed by atoms with Gasteiger partial charge in [-0.3, -0.25) is 0 Å². The number of furan rings is 1. The zero-order chi connectivity index (χ0) is 33.5. The third kappa shape index (κ3) is 4.28. The molecule has 0 bridgehead atoms. The van der Waals surface area contributed by atoms with Gasteiger partial charge in [-0.15, -0.1) is 0 Å². The molecular formula is C50H30O. The van der Waals surface area contributed by atoms with Gasteiger partial charge in [0.05, 0.1) is 0 Å². The first-order chi connectivity index (χ1) is 25.3. The van der Waals surface area contributed by atoms with E-state index in [1.54, 1.807) is 0 Å². The van der Waals surface area contributed by atoms with Crippen molar-refractivity contribution in [1.29, 1.82) is 0 Å². The van der Waals surface area contributed by atoms with Gasteiger partial charge in [0.1, 0.15) is 11.2 Å². The highest BCUT2D eigenvalue weighted by atomic mass is 16.3. The highest BCUT2D eigenvalue weighted by molar-refractivity contribution is 6.24. The summed E-state index contributed by atoms with van der Waals surface area (Å²) in [4.78, 5) is 0. The van der Waals surface area contributed by atoms with Crippen LogP contribution in [0.5, 0.6) is 0 Å². The minimum Gasteiger partial charge on any atom is -0.455 e. The second kappa shape index (κ2) is 10.9. The summed E-state index contributed by atoms with van der Waals surface area (Å²) in [6.45, 7) is 0. The summed E-state index contributed by atoms with van der Waals surface area (Å²) in [5.41, 5.74) is 9.34. The van der Waals surface area contributed by atoms with E-state index in [1.165, 1.54) is 92.6 Å². The fourth-order valence-electron chi connectivity index (χ4n) is 8.45. The Morgan fingerprint density at radius 1 is 0.275 bits per heavy atom. The van der Waals surface area contributed by atoms with Gasteiger partial charge < -0.3 is 4.42 Å². The van der Waals surface area contributed by atoms with Crippen LogP contribution in [-0.2, 0) is 0 Å². The predicted molar refractivity (Wildman–Crippen MR) is 218 cm³/mol. The van der Waals surface area contributed by atoms with Crippen LogP contribution in [0.15, 0.2) is 186 Å². The zero-order valence-corrected chi connectivity index (χ0v) is 27.7. The van der Waals surface area contributed by atoms with Crippen molar-refractivity contribution in [2.24, 2.45) is 0 Å². The molecule has 1 aromatic heterocycles. The van der Waals surface area contributed by atoms with Crippen molar-refractivity contribution in [3.8, 4) is 33.4 Å². The minimum atomic E-state index is 0.933. The van der Waals surface area contributed by atoms with Gasteiger partial charge in [-0.25, -0.2) is 0 Å². The van der Waals surface area contributed by atoms with Crippen LogP contribution >= 0.6 is 0 Å². The largest absolute Gasteiger partial charge is 0.455 e. The molecule has 0 aliphatic carbocycles. The van der Waals surface area contributed by atoms with Gasteiger partial charge in [0, 0.05) is 16.2 Å². The van der Waals surface area contributed by atoms with E-state index in [1.807, 2.05) is 0 Å². The fourth-order valence-corrected chi connectivity index (χ4v) is 8.45. The molecule has 0 radical (unpaired) electrons. The molecule has 236 valence electrons. The average molecular weight is 647 g/mol. The molecule has 1 nitrogen and oxygen atoms in total. The quantitative estimate of drug-likeness (QED) is 0.174. The van der Waals surface area contributed by atoms with Gasteiger partial charge in [-0.2, -0.15) is 0 Å². The number of hydrogen-bond donors (Lipinski definition) is 0. The number of hydrogen-bond acceptors (Lipinski definition) is 1. The molecule has 10 aromatic carbocycles. The molecule has 0 aliphatic rings. The minimum absolute atomic E-state index is 0.933. The summed E-state index contributed by atoms with van der Waals surface area (Å²) in [6, 6.07) is 66.3. The maximum atomic E-state index is 6.51. The molecule has 0 spiro atoms. The lowest BCUT2D eigenvalue weighted by atomic mass is 9.85. The molecule has 1 heterocycles. The molecule has 1 heteroatoms. The van der Waals surface area contributed by atoms with Crippen molar-refractivity contribution in [1.82, 2.24) is 0 Å². The Morgan fingerprint density at radius 2 is 0.765 bits per heavy atom. The van der Waals surface area contributed by atoms with E-state index >= 15 is 0 Å². The molecule has 11 rings (SSSR count). The topological polar surface area (TPSA) is 13.1 Å². The second-order valence-corrected chi connectivity index (χ2v) is 13.6. The molecule has 0 saturated heterocycles. The van der Waals surface area contributed by atoms with Crippen molar-refractivity contribution >= 4 is 75.8 Å². The summed E-state index contributed by atoms with van der Waals surface area (Å²) < 4.78 is 6.51. The highest BCUT2D eigenvalue weighted by Gasteiger charge is 2.17. The maximum absolute atomic E-state index is 6.51. The Balaban J connectivity index is 1.03. The molecule has 11 aromatic rings. The van der Waals surface area contributed by atoms with E-state index in [-0.39, 0.29) is 0 Å².